The molecule has 8 rings (SSSR count). The average molecular weight is 626 g/mol. The van der Waals surface area contributed by atoms with Crippen molar-refractivity contribution in [1.29, 1.82) is 0 Å². The van der Waals surface area contributed by atoms with Gasteiger partial charge >= 0.3 is 0 Å². The molecule has 5 aromatic carbocycles. The second kappa shape index (κ2) is 11.0. The van der Waals surface area contributed by atoms with Crippen molar-refractivity contribution in [1.82, 2.24) is 0 Å². The zero-order chi connectivity index (χ0) is 32.5. The number of ether oxygens (including phenoxy) is 2. The Hall–Kier alpha value is -4.64. The molecule has 2 heterocycles. The Kier molecular flexibility index (Phi) is 6.94. The fourth-order valence-electron chi connectivity index (χ4n) is 8.57. The monoisotopic (exact) mass is 625 g/mol. The summed E-state index contributed by atoms with van der Waals surface area (Å²) in [5, 5.41) is 1.86. The summed E-state index contributed by atoms with van der Waals surface area (Å²) in [6, 6.07) is 28.5. The summed E-state index contributed by atoms with van der Waals surface area (Å²) >= 11 is 0. The highest BCUT2D eigenvalue weighted by Crippen LogP contribution is 2.57. The van der Waals surface area contributed by atoms with Crippen LogP contribution in [-0.4, -0.2) is 13.0 Å². The molecule has 5 aromatic rings. The van der Waals surface area contributed by atoms with Gasteiger partial charge in [0.15, 0.2) is 5.60 Å². The standard InChI is InChI=1S/C42H40FNO3/c1-26-20-27(2)36(43)23-34(26)42(46-25-45)33-17-16-31(22-39(33)47-38-19-15-29-12-8-9-13-32(29)40(38)42)44-24-41(3,4)35-21-30(14-18-37(35)44)28-10-6-5-7-11-28/h8-9,12-23,25,28H,5-7,10-11,24H2,1-4H3. The number of carbonyl (C=O) groups is 1. The van der Waals surface area contributed by atoms with E-state index in [4.69, 9.17) is 9.47 Å². The SMILES string of the molecule is Cc1cc(C)c(C2(OC=O)c3ccc(N4CC(C)(C)c5cc(C6CCCCC6)ccc54)cc3Oc3ccc4ccccc4c32)cc1F. The van der Waals surface area contributed by atoms with Gasteiger partial charge in [-0.2, -0.15) is 0 Å². The van der Waals surface area contributed by atoms with Crippen LogP contribution in [0.3, 0.4) is 0 Å². The van der Waals surface area contributed by atoms with Crippen molar-refractivity contribution in [3.8, 4) is 11.5 Å². The molecule has 0 bridgehead atoms. The summed E-state index contributed by atoms with van der Waals surface area (Å²) < 4.78 is 28.4. The third kappa shape index (κ3) is 4.57. The molecular formula is C42H40FNO3. The fourth-order valence-corrected chi connectivity index (χ4v) is 8.57. The maximum atomic E-state index is 15.4. The lowest BCUT2D eigenvalue weighted by molar-refractivity contribution is -0.137. The van der Waals surface area contributed by atoms with Gasteiger partial charge < -0.3 is 14.4 Å². The summed E-state index contributed by atoms with van der Waals surface area (Å²) in [6.45, 7) is 9.65. The molecule has 1 fully saturated rings. The first-order valence-electron chi connectivity index (χ1n) is 16.9. The second-order valence-corrected chi connectivity index (χ2v) is 14.3. The normalized spacial score (nSPS) is 19.9. The molecule has 1 atom stereocenters. The number of rotatable bonds is 5. The number of anilines is 2. The minimum absolute atomic E-state index is 0.0385. The van der Waals surface area contributed by atoms with E-state index in [1.165, 1.54) is 55.0 Å². The zero-order valence-corrected chi connectivity index (χ0v) is 27.5. The minimum Gasteiger partial charge on any atom is -0.456 e. The number of aryl methyl sites for hydroxylation is 2. The van der Waals surface area contributed by atoms with Gasteiger partial charge in [-0.05, 0) is 96.0 Å². The van der Waals surface area contributed by atoms with Crippen molar-refractivity contribution in [3.63, 3.8) is 0 Å². The number of fused-ring (bicyclic) bond motifs is 5. The molecule has 2 aliphatic heterocycles. The molecule has 0 spiro atoms. The molecule has 5 heteroatoms. The van der Waals surface area contributed by atoms with Crippen LogP contribution in [-0.2, 0) is 20.5 Å². The molecular weight excluding hydrogens is 585 g/mol. The van der Waals surface area contributed by atoms with Gasteiger partial charge in [0, 0.05) is 40.5 Å². The van der Waals surface area contributed by atoms with Gasteiger partial charge in [-0.1, -0.05) is 81.6 Å². The molecule has 47 heavy (non-hydrogen) atoms. The molecule has 238 valence electrons. The maximum absolute atomic E-state index is 15.4. The van der Waals surface area contributed by atoms with Crippen molar-refractivity contribution in [2.24, 2.45) is 0 Å². The highest BCUT2D eigenvalue weighted by molar-refractivity contribution is 5.92. The summed E-state index contributed by atoms with van der Waals surface area (Å²) in [4.78, 5) is 14.9. The molecule has 3 aliphatic rings. The van der Waals surface area contributed by atoms with Crippen LogP contribution in [0.2, 0.25) is 0 Å². The van der Waals surface area contributed by atoms with Crippen LogP contribution in [0.1, 0.15) is 90.8 Å². The molecule has 1 unspecified atom stereocenters. The van der Waals surface area contributed by atoms with E-state index in [1.54, 1.807) is 6.92 Å². The fraction of sp³-hybridized carbons (Fsp3) is 0.310. The molecule has 0 N–H and O–H groups in total. The van der Waals surface area contributed by atoms with E-state index >= 15 is 4.39 Å². The molecule has 0 amide bonds. The van der Waals surface area contributed by atoms with Gasteiger partial charge in [-0.15, -0.1) is 0 Å². The van der Waals surface area contributed by atoms with Gasteiger partial charge in [0.1, 0.15) is 17.3 Å². The van der Waals surface area contributed by atoms with Crippen LogP contribution < -0.4 is 9.64 Å². The molecule has 4 nitrogen and oxygen atoms in total. The van der Waals surface area contributed by atoms with Gasteiger partial charge in [0.05, 0.1) is 5.56 Å². The van der Waals surface area contributed by atoms with Gasteiger partial charge in [-0.25, -0.2) is 4.39 Å². The van der Waals surface area contributed by atoms with Crippen molar-refractivity contribution in [2.45, 2.75) is 76.7 Å². The highest BCUT2D eigenvalue weighted by atomic mass is 19.1. The molecule has 1 saturated carbocycles. The van der Waals surface area contributed by atoms with E-state index in [0.717, 1.165) is 28.6 Å². The number of halogens is 1. The van der Waals surface area contributed by atoms with Gasteiger partial charge in [0.25, 0.3) is 6.47 Å². The third-order valence-corrected chi connectivity index (χ3v) is 10.9. The maximum Gasteiger partial charge on any atom is 0.294 e. The molecule has 0 saturated heterocycles. The summed E-state index contributed by atoms with van der Waals surface area (Å²) in [6.07, 6.45) is 6.53. The number of benzene rings is 5. The Morgan fingerprint density at radius 1 is 0.830 bits per heavy atom. The van der Waals surface area contributed by atoms with E-state index in [9.17, 15) is 4.79 Å². The molecule has 0 radical (unpaired) electrons. The highest BCUT2D eigenvalue weighted by Gasteiger charge is 2.49. The van der Waals surface area contributed by atoms with Crippen LogP contribution >= 0.6 is 0 Å². The van der Waals surface area contributed by atoms with Crippen LogP contribution in [0.25, 0.3) is 10.8 Å². The number of nitrogens with zero attached hydrogens (tertiary/aromatic N) is 1. The van der Waals surface area contributed by atoms with Crippen molar-refractivity contribution in [2.75, 3.05) is 11.4 Å². The minimum atomic E-state index is -1.43. The van der Waals surface area contributed by atoms with Crippen molar-refractivity contribution >= 4 is 28.6 Å². The summed E-state index contributed by atoms with van der Waals surface area (Å²) in [5.41, 5.74) is 6.87. The second-order valence-electron chi connectivity index (χ2n) is 14.3. The Morgan fingerprint density at radius 2 is 1.64 bits per heavy atom. The Bertz CT molecular complexity index is 2060. The molecule has 1 aliphatic carbocycles. The summed E-state index contributed by atoms with van der Waals surface area (Å²) in [5.74, 6) is 1.45. The largest absolute Gasteiger partial charge is 0.456 e. The Morgan fingerprint density at radius 3 is 2.45 bits per heavy atom. The first-order chi connectivity index (χ1) is 22.7. The lowest BCUT2D eigenvalue weighted by atomic mass is 9.74. The van der Waals surface area contributed by atoms with Crippen LogP contribution in [0.15, 0.2) is 84.9 Å². The van der Waals surface area contributed by atoms with E-state index in [1.807, 2.05) is 55.5 Å². The van der Waals surface area contributed by atoms with E-state index in [2.05, 4.69) is 49.1 Å². The summed E-state index contributed by atoms with van der Waals surface area (Å²) in [7, 11) is 0. The van der Waals surface area contributed by atoms with Gasteiger partial charge in [0.2, 0.25) is 0 Å². The number of hydrogen-bond donors (Lipinski definition) is 0. The van der Waals surface area contributed by atoms with Crippen molar-refractivity contribution in [3.05, 3.63) is 130 Å². The zero-order valence-electron chi connectivity index (χ0n) is 27.5. The number of carbonyl (C=O) groups excluding carboxylic acids is 1. The predicted molar refractivity (Wildman–Crippen MR) is 186 cm³/mol. The topological polar surface area (TPSA) is 38.8 Å². The van der Waals surface area contributed by atoms with Crippen LogP contribution in [0.5, 0.6) is 11.5 Å². The van der Waals surface area contributed by atoms with Gasteiger partial charge in [-0.3, -0.25) is 4.79 Å². The Balaban J connectivity index is 1.31. The third-order valence-electron chi connectivity index (χ3n) is 10.9. The first kappa shape index (κ1) is 29.7. The van der Waals surface area contributed by atoms with Crippen molar-refractivity contribution < 1.29 is 18.7 Å². The molecule has 0 aromatic heterocycles. The van der Waals surface area contributed by atoms with Crippen LogP contribution in [0, 0.1) is 19.7 Å². The van der Waals surface area contributed by atoms with E-state index < -0.39 is 5.60 Å². The first-order valence-corrected chi connectivity index (χ1v) is 16.9. The Labute approximate surface area is 276 Å². The van der Waals surface area contributed by atoms with E-state index in [-0.39, 0.29) is 11.2 Å². The number of hydrogen-bond acceptors (Lipinski definition) is 4. The smallest absolute Gasteiger partial charge is 0.294 e. The quantitative estimate of drug-likeness (QED) is 0.182. The van der Waals surface area contributed by atoms with Crippen LogP contribution in [0.4, 0.5) is 15.8 Å². The lowest BCUT2D eigenvalue weighted by Crippen LogP contribution is -2.37. The predicted octanol–water partition coefficient (Wildman–Crippen LogP) is 10.6. The van der Waals surface area contributed by atoms with E-state index in [0.29, 0.717) is 46.1 Å². The average Bonchev–Trinajstić information content (AvgIpc) is 3.36. The lowest BCUT2D eigenvalue weighted by Gasteiger charge is -2.41.